The Balaban J connectivity index is 2.72. The molecule has 0 heterocycles. The van der Waals surface area contributed by atoms with Gasteiger partial charge in [-0.05, 0) is 31.9 Å². The normalized spacial score (nSPS) is 13.0. The van der Waals surface area contributed by atoms with Gasteiger partial charge in [0.2, 0.25) is 0 Å². The predicted octanol–water partition coefficient (Wildman–Crippen LogP) is 3.26. The van der Waals surface area contributed by atoms with E-state index in [9.17, 15) is 0 Å². The van der Waals surface area contributed by atoms with Gasteiger partial charge < -0.3 is 15.2 Å². The number of nitrogens with two attached hydrogens (primary N) is 1. The summed E-state index contributed by atoms with van der Waals surface area (Å²) in [5.41, 5.74) is 6.99. The molecule has 5 heteroatoms. The highest BCUT2D eigenvalue weighted by atomic mass is 35.5. The van der Waals surface area contributed by atoms with Crippen LogP contribution in [-0.4, -0.2) is 25.5 Å². The number of ether oxygens (including phenoxy) is 2. The maximum absolute atomic E-state index is 6.13. The number of hydrogen-bond acceptors (Lipinski definition) is 3. The van der Waals surface area contributed by atoms with Crippen molar-refractivity contribution in [1.82, 2.24) is 0 Å². The van der Waals surface area contributed by atoms with Crippen LogP contribution in [0.15, 0.2) is 18.2 Å². The molecule has 0 amide bonds. The highest BCUT2D eigenvalue weighted by molar-refractivity contribution is 6.42. The second kappa shape index (κ2) is 7.97. The van der Waals surface area contributed by atoms with E-state index in [2.05, 4.69) is 0 Å². The zero-order chi connectivity index (χ0) is 13.5. The molecular formula is C13H19Cl2NO2. The molecular weight excluding hydrogens is 273 g/mol. The van der Waals surface area contributed by atoms with E-state index in [1.807, 2.05) is 26.0 Å². The third kappa shape index (κ3) is 4.41. The van der Waals surface area contributed by atoms with Gasteiger partial charge in [-0.2, -0.15) is 0 Å². The Morgan fingerprint density at radius 3 is 2.33 bits per heavy atom. The Morgan fingerprint density at radius 1 is 1.17 bits per heavy atom. The fourth-order valence-electron chi connectivity index (χ4n) is 1.68. The monoisotopic (exact) mass is 291 g/mol. The summed E-state index contributed by atoms with van der Waals surface area (Å²) < 4.78 is 10.9. The third-order valence-electron chi connectivity index (χ3n) is 2.50. The van der Waals surface area contributed by atoms with E-state index in [0.29, 0.717) is 29.7 Å². The first-order chi connectivity index (χ1) is 8.60. The molecule has 2 N–H and O–H groups in total. The van der Waals surface area contributed by atoms with Crippen molar-refractivity contribution in [2.24, 2.45) is 5.73 Å². The zero-order valence-electron chi connectivity index (χ0n) is 10.7. The second-order valence-corrected chi connectivity index (χ2v) is 4.65. The van der Waals surface area contributed by atoms with E-state index in [1.165, 1.54) is 0 Å². The molecule has 1 rings (SSSR count). The number of hydrogen-bond donors (Lipinski definition) is 1. The quantitative estimate of drug-likeness (QED) is 0.784. The van der Waals surface area contributed by atoms with E-state index in [-0.39, 0.29) is 6.04 Å². The van der Waals surface area contributed by atoms with Crippen LogP contribution in [0.2, 0.25) is 10.0 Å². The summed E-state index contributed by atoms with van der Waals surface area (Å²) in [5.74, 6) is 0. The summed E-state index contributed by atoms with van der Waals surface area (Å²) in [5, 5.41) is 1.08. The average molecular weight is 292 g/mol. The van der Waals surface area contributed by atoms with E-state index in [0.717, 1.165) is 5.56 Å². The lowest BCUT2D eigenvalue weighted by Gasteiger charge is -2.24. The lowest BCUT2D eigenvalue weighted by atomic mass is 10.1. The SMILES string of the molecule is CCOC(OCC)C(N)Cc1cccc(Cl)c1Cl. The molecule has 0 radical (unpaired) electrons. The maximum Gasteiger partial charge on any atom is 0.172 e. The van der Waals surface area contributed by atoms with Crippen molar-refractivity contribution in [1.29, 1.82) is 0 Å². The van der Waals surface area contributed by atoms with Gasteiger partial charge in [-0.25, -0.2) is 0 Å². The molecule has 0 aliphatic heterocycles. The van der Waals surface area contributed by atoms with Crippen LogP contribution in [0.25, 0.3) is 0 Å². The molecule has 3 nitrogen and oxygen atoms in total. The van der Waals surface area contributed by atoms with E-state index >= 15 is 0 Å². The van der Waals surface area contributed by atoms with Gasteiger partial charge in [0.05, 0.1) is 16.1 Å². The first-order valence-electron chi connectivity index (χ1n) is 6.01. The summed E-state index contributed by atoms with van der Waals surface area (Å²) >= 11 is 12.1. The lowest BCUT2D eigenvalue weighted by Crippen LogP contribution is -2.40. The molecule has 1 unspecified atom stereocenters. The third-order valence-corrected chi connectivity index (χ3v) is 3.36. The van der Waals surface area contributed by atoms with Crippen LogP contribution < -0.4 is 5.73 Å². The first kappa shape index (κ1) is 15.7. The standard InChI is InChI=1S/C13H19Cl2NO2/c1-3-17-13(18-4-2)11(16)8-9-6-5-7-10(14)12(9)15/h5-7,11,13H,3-4,8,16H2,1-2H3. The van der Waals surface area contributed by atoms with Crippen LogP contribution >= 0.6 is 23.2 Å². The molecule has 0 spiro atoms. The molecule has 1 aromatic rings. The zero-order valence-corrected chi connectivity index (χ0v) is 12.2. The van der Waals surface area contributed by atoms with Crippen molar-refractivity contribution >= 4 is 23.2 Å². The van der Waals surface area contributed by atoms with Gasteiger partial charge in [-0.1, -0.05) is 35.3 Å². The predicted molar refractivity (Wildman–Crippen MR) is 75.2 cm³/mol. The van der Waals surface area contributed by atoms with Crippen molar-refractivity contribution < 1.29 is 9.47 Å². The molecule has 0 aliphatic carbocycles. The largest absolute Gasteiger partial charge is 0.351 e. The molecule has 1 atom stereocenters. The van der Waals surface area contributed by atoms with Crippen molar-refractivity contribution in [2.75, 3.05) is 13.2 Å². The van der Waals surface area contributed by atoms with Gasteiger partial charge in [0.15, 0.2) is 6.29 Å². The highest BCUT2D eigenvalue weighted by Crippen LogP contribution is 2.26. The molecule has 102 valence electrons. The summed E-state index contributed by atoms with van der Waals surface area (Å²) in [4.78, 5) is 0. The molecule has 18 heavy (non-hydrogen) atoms. The van der Waals surface area contributed by atoms with Crippen LogP contribution in [0, 0.1) is 0 Å². The van der Waals surface area contributed by atoms with Gasteiger partial charge in [0.25, 0.3) is 0 Å². The van der Waals surface area contributed by atoms with Crippen LogP contribution in [0.5, 0.6) is 0 Å². The van der Waals surface area contributed by atoms with Gasteiger partial charge >= 0.3 is 0 Å². The van der Waals surface area contributed by atoms with Gasteiger partial charge in [0, 0.05) is 13.2 Å². The Bertz CT molecular complexity index is 368. The van der Waals surface area contributed by atoms with Crippen molar-refractivity contribution in [3.05, 3.63) is 33.8 Å². The number of benzene rings is 1. The Hall–Kier alpha value is -0.320. The topological polar surface area (TPSA) is 44.5 Å². The summed E-state index contributed by atoms with van der Waals surface area (Å²) in [6.45, 7) is 4.93. The number of halogens is 2. The van der Waals surface area contributed by atoms with Gasteiger partial charge in [0.1, 0.15) is 0 Å². The summed E-state index contributed by atoms with van der Waals surface area (Å²) in [7, 11) is 0. The lowest BCUT2D eigenvalue weighted by molar-refractivity contribution is -0.148. The number of rotatable bonds is 7. The summed E-state index contributed by atoms with van der Waals surface area (Å²) in [6, 6.07) is 5.23. The fourth-order valence-corrected chi connectivity index (χ4v) is 2.08. The van der Waals surface area contributed by atoms with Crippen molar-refractivity contribution in [3.63, 3.8) is 0 Å². The Morgan fingerprint density at radius 2 is 1.78 bits per heavy atom. The minimum Gasteiger partial charge on any atom is -0.351 e. The molecule has 0 bridgehead atoms. The molecule has 0 aromatic heterocycles. The minimum atomic E-state index is -0.421. The molecule has 0 saturated heterocycles. The fraction of sp³-hybridized carbons (Fsp3) is 0.538. The van der Waals surface area contributed by atoms with Crippen LogP contribution in [-0.2, 0) is 15.9 Å². The maximum atomic E-state index is 6.13. The van der Waals surface area contributed by atoms with Crippen molar-refractivity contribution in [3.8, 4) is 0 Å². The minimum absolute atomic E-state index is 0.277. The Kier molecular flexibility index (Phi) is 6.97. The molecule has 0 fully saturated rings. The average Bonchev–Trinajstić information content (AvgIpc) is 2.34. The molecule has 1 aromatic carbocycles. The Labute approximate surface area is 118 Å². The van der Waals surface area contributed by atoms with Crippen molar-refractivity contribution in [2.45, 2.75) is 32.6 Å². The van der Waals surface area contributed by atoms with Crippen LogP contribution in [0.3, 0.4) is 0 Å². The van der Waals surface area contributed by atoms with E-state index in [1.54, 1.807) is 6.07 Å². The van der Waals surface area contributed by atoms with Crippen LogP contribution in [0.1, 0.15) is 19.4 Å². The second-order valence-electron chi connectivity index (χ2n) is 3.86. The molecule has 0 aliphatic rings. The first-order valence-corrected chi connectivity index (χ1v) is 6.77. The highest BCUT2D eigenvalue weighted by Gasteiger charge is 2.20. The van der Waals surface area contributed by atoms with Gasteiger partial charge in [-0.3, -0.25) is 0 Å². The van der Waals surface area contributed by atoms with E-state index < -0.39 is 6.29 Å². The van der Waals surface area contributed by atoms with E-state index in [4.69, 9.17) is 38.4 Å². The van der Waals surface area contributed by atoms with Crippen LogP contribution in [0.4, 0.5) is 0 Å². The smallest absolute Gasteiger partial charge is 0.172 e. The molecule has 0 saturated carbocycles. The van der Waals surface area contributed by atoms with Gasteiger partial charge in [-0.15, -0.1) is 0 Å². The summed E-state index contributed by atoms with van der Waals surface area (Å²) in [6.07, 6.45) is 0.138.